The number of hydrogen-bond acceptors (Lipinski definition) is 3. The van der Waals surface area contributed by atoms with Crippen LogP contribution in [0.15, 0.2) is 48.5 Å². The summed E-state index contributed by atoms with van der Waals surface area (Å²) in [5.74, 6) is 0.841. The molecule has 0 saturated carbocycles. The van der Waals surface area contributed by atoms with Gasteiger partial charge < -0.3 is 20.3 Å². The van der Waals surface area contributed by atoms with E-state index in [-0.39, 0.29) is 18.1 Å². The molecule has 4 amide bonds. The van der Waals surface area contributed by atoms with Gasteiger partial charge in [-0.25, -0.2) is 9.59 Å². The maximum atomic E-state index is 13.0. The van der Waals surface area contributed by atoms with E-state index in [0.717, 1.165) is 36.4 Å². The fraction of sp³-hybridized carbons (Fsp3) is 0.364. The summed E-state index contributed by atoms with van der Waals surface area (Å²) in [7, 11) is 0. The number of urea groups is 2. The molecule has 1 atom stereocenters. The number of rotatable bonds is 5. The molecule has 0 aliphatic carbocycles. The predicted octanol–water partition coefficient (Wildman–Crippen LogP) is 3.98. The molecular formula is C22H26N4O3. The Labute approximate surface area is 170 Å². The molecule has 2 aliphatic heterocycles. The van der Waals surface area contributed by atoms with Crippen molar-refractivity contribution in [2.24, 2.45) is 0 Å². The van der Waals surface area contributed by atoms with Crippen LogP contribution in [-0.4, -0.2) is 43.2 Å². The molecule has 1 unspecified atom stereocenters. The van der Waals surface area contributed by atoms with Gasteiger partial charge in [0.05, 0.1) is 12.6 Å². The number of hydrogen-bond donors (Lipinski definition) is 2. The van der Waals surface area contributed by atoms with Crippen molar-refractivity contribution in [3.8, 4) is 5.75 Å². The molecule has 2 saturated heterocycles. The first kappa shape index (κ1) is 19.1. The monoisotopic (exact) mass is 394 g/mol. The van der Waals surface area contributed by atoms with Crippen molar-refractivity contribution < 1.29 is 14.3 Å². The van der Waals surface area contributed by atoms with E-state index in [9.17, 15) is 9.59 Å². The Morgan fingerprint density at radius 2 is 2.03 bits per heavy atom. The molecule has 29 heavy (non-hydrogen) atoms. The second kappa shape index (κ2) is 8.43. The Kier molecular flexibility index (Phi) is 5.55. The fourth-order valence-corrected chi connectivity index (χ4v) is 3.97. The minimum Gasteiger partial charge on any atom is -0.494 e. The standard InChI is InChI=1S/C22H26N4O3/c1-2-29-19-10-8-16(9-11-19)20-7-4-13-26(20)22(28)24-17-5-3-6-18(15-17)25-14-12-23-21(25)27/h3,5-6,8-11,15,20H,2,4,7,12-14H2,1H3,(H,23,27)(H,24,28). The van der Waals surface area contributed by atoms with Crippen molar-refractivity contribution in [2.75, 3.05) is 36.5 Å². The van der Waals surface area contributed by atoms with Crippen LogP contribution in [0.4, 0.5) is 21.0 Å². The van der Waals surface area contributed by atoms with Gasteiger partial charge in [0, 0.05) is 31.0 Å². The summed E-state index contributed by atoms with van der Waals surface area (Å²) in [6.07, 6.45) is 1.91. The Bertz CT molecular complexity index is 884. The summed E-state index contributed by atoms with van der Waals surface area (Å²) in [6, 6.07) is 15.2. The quantitative estimate of drug-likeness (QED) is 0.805. The SMILES string of the molecule is CCOc1ccc(C2CCCN2C(=O)Nc2cccc(N3CCNC3=O)c2)cc1. The molecule has 0 radical (unpaired) electrons. The summed E-state index contributed by atoms with van der Waals surface area (Å²) in [4.78, 5) is 28.4. The first-order valence-corrected chi connectivity index (χ1v) is 10.1. The van der Waals surface area contributed by atoms with E-state index >= 15 is 0 Å². The van der Waals surface area contributed by atoms with Crippen molar-refractivity contribution in [1.29, 1.82) is 0 Å². The van der Waals surface area contributed by atoms with Crippen molar-refractivity contribution in [3.05, 3.63) is 54.1 Å². The number of carbonyl (C=O) groups is 2. The summed E-state index contributed by atoms with van der Waals surface area (Å²) in [5, 5.41) is 5.79. The van der Waals surface area contributed by atoms with Gasteiger partial charge in [0.2, 0.25) is 0 Å². The topological polar surface area (TPSA) is 73.9 Å². The van der Waals surface area contributed by atoms with Gasteiger partial charge in [-0.15, -0.1) is 0 Å². The highest BCUT2D eigenvalue weighted by molar-refractivity contribution is 5.96. The zero-order valence-electron chi connectivity index (χ0n) is 16.6. The number of likely N-dealkylation sites (tertiary alicyclic amines) is 1. The van der Waals surface area contributed by atoms with Gasteiger partial charge in [0.25, 0.3) is 0 Å². The minimum absolute atomic E-state index is 0.0539. The first-order valence-electron chi connectivity index (χ1n) is 10.1. The molecule has 2 aromatic rings. The Morgan fingerprint density at radius 3 is 2.76 bits per heavy atom. The first-order chi connectivity index (χ1) is 14.2. The lowest BCUT2D eigenvalue weighted by Crippen LogP contribution is -2.34. The Hall–Kier alpha value is -3.22. The van der Waals surface area contributed by atoms with E-state index in [2.05, 4.69) is 10.6 Å². The van der Waals surface area contributed by atoms with Gasteiger partial charge >= 0.3 is 12.1 Å². The highest BCUT2D eigenvalue weighted by atomic mass is 16.5. The summed E-state index contributed by atoms with van der Waals surface area (Å²) < 4.78 is 5.51. The maximum Gasteiger partial charge on any atom is 0.322 e. The van der Waals surface area contributed by atoms with Crippen LogP contribution in [0, 0.1) is 0 Å². The lowest BCUT2D eigenvalue weighted by atomic mass is 10.0. The molecule has 2 heterocycles. The van der Waals surface area contributed by atoms with Crippen LogP contribution in [0.3, 0.4) is 0 Å². The van der Waals surface area contributed by atoms with Crippen molar-refractivity contribution in [2.45, 2.75) is 25.8 Å². The third-order valence-electron chi connectivity index (χ3n) is 5.36. The highest BCUT2D eigenvalue weighted by Crippen LogP contribution is 2.33. The molecule has 152 valence electrons. The van der Waals surface area contributed by atoms with Gasteiger partial charge in [-0.05, 0) is 55.7 Å². The Balaban J connectivity index is 1.45. The number of benzene rings is 2. The van der Waals surface area contributed by atoms with E-state index in [0.29, 0.717) is 25.4 Å². The van der Waals surface area contributed by atoms with Crippen molar-refractivity contribution in [3.63, 3.8) is 0 Å². The molecule has 4 rings (SSSR count). The summed E-state index contributed by atoms with van der Waals surface area (Å²) in [5.41, 5.74) is 2.58. The third-order valence-corrected chi connectivity index (χ3v) is 5.36. The van der Waals surface area contributed by atoms with Crippen LogP contribution in [-0.2, 0) is 0 Å². The second-order valence-electron chi connectivity index (χ2n) is 7.22. The molecule has 7 heteroatoms. The van der Waals surface area contributed by atoms with Crippen molar-refractivity contribution >= 4 is 23.4 Å². The van der Waals surface area contributed by atoms with E-state index in [1.807, 2.05) is 60.4 Å². The van der Waals surface area contributed by atoms with Gasteiger partial charge in [0.15, 0.2) is 0 Å². The number of carbonyl (C=O) groups excluding carboxylic acids is 2. The molecule has 0 spiro atoms. The van der Waals surface area contributed by atoms with Gasteiger partial charge in [-0.3, -0.25) is 4.90 Å². The number of amides is 4. The van der Waals surface area contributed by atoms with E-state index in [1.165, 1.54) is 0 Å². The number of anilines is 2. The average Bonchev–Trinajstić information content (AvgIpc) is 3.38. The maximum absolute atomic E-state index is 13.0. The predicted molar refractivity (Wildman–Crippen MR) is 112 cm³/mol. The highest BCUT2D eigenvalue weighted by Gasteiger charge is 2.30. The largest absolute Gasteiger partial charge is 0.494 e. The molecule has 2 N–H and O–H groups in total. The smallest absolute Gasteiger partial charge is 0.322 e. The summed E-state index contributed by atoms with van der Waals surface area (Å²) >= 11 is 0. The summed E-state index contributed by atoms with van der Waals surface area (Å²) in [6.45, 7) is 4.57. The fourth-order valence-electron chi connectivity index (χ4n) is 3.97. The molecule has 2 aliphatic rings. The number of nitrogens with one attached hydrogen (secondary N) is 2. The van der Waals surface area contributed by atoms with Crippen LogP contribution in [0.5, 0.6) is 5.75 Å². The van der Waals surface area contributed by atoms with Gasteiger partial charge in [0.1, 0.15) is 5.75 Å². The van der Waals surface area contributed by atoms with Crippen LogP contribution in [0.25, 0.3) is 0 Å². The number of ether oxygens (including phenoxy) is 1. The van der Waals surface area contributed by atoms with Crippen molar-refractivity contribution in [1.82, 2.24) is 10.2 Å². The molecular weight excluding hydrogens is 368 g/mol. The van der Waals surface area contributed by atoms with Crippen LogP contribution >= 0.6 is 0 Å². The van der Waals surface area contributed by atoms with Crippen LogP contribution < -0.4 is 20.3 Å². The van der Waals surface area contributed by atoms with E-state index in [4.69, 9.17) is 4.74 Å². The Morgan fingerprint density at radius 1 is 1.21 bits per heavy atom. The molecule has 2 aromatic carbocycles. The van der Waals surface area contributed by atoms with Crippen LogP contribution in [0.1, 0.15) is 31.4 Å². The van der Waals surface area contributed by atoms with E-state index < -0.39 is 0 Å². The molecule has 0 bridgehead atoms. The van der Waals surface area contributed by atoms with E-state index in [1.54, 1.807) is 4.90 Å². The molecule has 0 aromatic heterocycles. The normalized spacial score (nSPS) is 18.7. The van der Waals surface area contributed by atoms with Gasteiger partial charge in [-0.2, -0.15) is 0 Å². The second-order valence-corrected chi connectivity index (χ2v) is 7.22. The molecule has 2 fully saturated rings. The lowest BCUT2D eigenvalue weighted by molar-refractivity contribution is 0.207. The number of nitrogens with zero attached hydrogens (tertiary/aromatic N) is 2. The average molecular weight is 394 g/mol. The van der Waals surface area contributed by atoms with Gasteiger partial charge in [-0.1, -0.05) is 18.2 Å². The lowest BCUT2D eigenvalue weighted by Gasteiger charge is -2.26. The third kappa shape index (κ3) is 4.13. The zero-order chi connectivity index (χ0) is 20.2. The molecule has 7 nitrogen and oxygen atoms in total. The zero-order valence-corrected chi connectivity index (χ0v) is 16.6. The van der Waals surface area contributed by atoms with Crippen LogP contribution in [0.2, 0.25) is 0 Å². The minimum atomic E-state index is -0.121.